The first-order valence-corrected chi connectivity index (χ1v) is 8.86. The van der Waals surface area contributed by atoms with Gasteiger partial charge in [-0.1, -0.05) is 60.2 Å². The van der Waals surface area contributed by atoms with Crippen molar-refractivity contribution in [1.29, 1.82) is 0 Å². The quantitative estimate of drug-likeness (QED) is 0.557. The molecule has 0 aliphatic carbocycles. The molecular weight excluding hydrogens is 336 g/mol. The predicted molar refractivity (Wildman–Crippen MR) is 108 cm³/mol. The molecule has 2 aromatic carbocycles. The van der Waals surface area contributed by atoms with Crippen LogP contribution in [0.3, 0.4) is 0 Å². The minimum Gasteiger partial charge on any atom is -0.295 e. The fourth-order valence-electron chi connectivity index (χ4n) is 3.16. The molecule has 27 heavy (non-hydrogen) atoms. The second-order valence-corrected chi connectivity index (χ2v) is 6.60. The van der Waals surface area contributed by atoms with Gasteiger partial charge in [0, 0.05) is 6.54 Å². The lowest BCUT2D eigenvalue weighted by Crippen LogP contribution is -2.19. The van der Waals surface area contributed by atoms with Crippen LogP contribution in [-0.4, -0.2) is 19.3 Å². The molecular formula is C22H20N4O. The number of allylic oxidation sites excluding steroid dienone is 1. The van der Waals surface area contributed by atoms with Crippen molar-refractivity contribution in [2.24, 2.45) is 0 Å². The lowest BCUT2D eigenvalue weighted by atomic mass is 10.1. The standard InChI is InChI=1S/C22H20N4O/c1-16-10-11-20(17(2)13-16)26-21-19(14-24-26)22(27)25(15-23-21)12-6-9-18-7-4-3-5-8-18/h3-11,13-15H,12H2,1-2H3. The molecule has 0 radical (unpaired) electrons. The first kappa shape index (κ1) is 17.0. The average Bonchev–Trinajstić information content (AvgIpc) is 3.09. The second kappa shape index (κ2) is 7.03. The summed E-state index contributed by atoms with van der Waals surface area (Å²) in [7, 11) is 0. The molecule has 0 amide bonds. The summed E-state index contributed by atoms with van der Waals surface area (Å²) in [6, 6.07) is 16.1. The highest BCUT2D eigenvalue weighted by Crippen LogP contribution is 2.18. The Morgan fingerprint density at radius 2 is 1.89 bits per heavy atom. The number of rotatable bonds is 4. The molecule has 4 rings (SSSR count). The second-order valence-electron chi connectivity index (χ2n) is 6.60. The normalized spacial score (nSPS) is 11.5. The van der Waals surface area contributed by atoms with E-state index in [1.165, 1.54) is 5.56 Å². The van der Waals surface area contributed by atoms with Gasteiger partial charge in [0.25, 0.3) is 5.56 Å². The zero-order valence-corrected chi connectivity index (χ0v) is 15.3. The zero-order valence-electron chi connectivity index (χ0n) is 15.3. The number of aromatic nitrogens is 4. The lowest BCUT2D eigenvalue weighted by Gasteiger charge is -2.08. The molecule has 0 N–H and O–H groups in total. The predicted octanol–water partition coefficient (Wildman–Crippen LogP) is 3.91. The van der Waals surface area contributed by atoms with Crippen LogP contribution in [0, 0.1) is 13.8 Å². The van der Waals surface area contributed by atoms with Gasteiger partial charge in [-0.25, -0.2) is 9.67 Å². The van der Waals surface area contributed by atoms with E-state index in [1.54, 1.807) is 21.8 Å². The molecule has 4 aromatic rings. The van der Waals surface area contributed by atoms with Crippen molar-refractivity contribution in [2.45, 2.75) is 20.4 Å². The van der Waals surface area contributed by atoms with Gasteiger partial charge in [-0.15, -0.1) is 0 Å². The minimum absolute atomic E-state index is 0.0891. The van der Waals surface area contributed by atoms with Crippen molar-refractivity contribution in [1.82, 2.24) is 19.3 Å². The fraction of sp³-hybridized carbons (Fsp3) is 0.136. The number of benzene rings is 2. The van der Waals surface area contributed by atoms with Gasteiger partial charge in [-0.3, -0.25) is 9.36 Å². The van der Waals surface area contributed by atoms with Gasteiger partial charge in [-0.05, 0) is 31.0 Å². The molecule has 0 atom stereocenters. The van der Waals surface area contributed by atoms with Crippen LogP contribution in [0.1, 0.15) is 16.7 Å². The van der Waals surface area contributed by atoms with Crippen molar-refractivity contribution >= 4 is 17.1 Å². The third-order valence-corrected chi connectivity index (χ3v) is 4.55. The van der Waals surface area contributed by atoms with Gasteiger partial charge in [0.15, 0.2) is 5.65 Å². The van der Waals surface area contributed by atoms with Gasteiger partial charge in [-0.2, -0.15) is 5.10 Å². The summed E-state index contributed by atoms with van der Waals surface area (Å²) in [5.41, 5.74) is 4.81. The molecule has 0 saturated carbocycles. The molecule has 0 unspecified atom stereocenters. The monoisotopic (exact) mass is 356 g/mol. The van der Waals surface area contributed by atoms with Crippen molar-refractivity contribution in [2.75, 3.05) is 0 Å². The van der Waals surface area contributed by atoms with Crippen LogP contribution in [0.25, 0.3) is 22.8 Å². The maximum Gasteiger partial charge on any atom is 0.264 e. The van der Waals surface area contributed by atoms with Gasteiger partial charge in [0.2, 0.25) is 0 Å². The van der Waals surface area contributed by atoms with E-state index in [0.29, 0.717) is 17.6 Å². The molecule has 0 saturated heterocycles. The van der Waals surface area contributed by atoms with E-state index in [9.17, 15) is 4.79 Å². The smallest absolute Gasteiger partial charge is 0.264 e. The van der Waals surface area contributed by atoms with Crippen LogP contribution in [0.2, 0.25) is 0 Å². The topological polar surface area (TPSA) is 52.7 Å². The highest BCUT2D eigenvalue weighted by molar-refractivity contribution is 5.75. The van der Waals surface area contributed by atoms with E-state index < -0.39 is 0 Å². The number of aryl methyl sites for hydroxylation is 2. The van der Waals surface area contributed by atoms with Gasteiger partial charge in [0.05, 0.1) is 11.9 Å². The highest BCUT2D eigenvalue weighted by atomic mass is 16.1. The largest absolute Gasteiger partial charge is 0.295 e. The van der Waals surface area contributed by atoms with Crippen molar-refractivity contribution < 1.29 is 0 Å². The molecule has 2 aromatic heterocycles. The Labute approximate surface area is 157 Å². The van der Waals surface area contributed by atoms with Crippen LogP contribution in [0.15, 0.2) is 71.9 Å². The van der Waals surface area contributed by atoms with Crippen molar-refractivity contribution in [3.8, 4) is 5.69 Å². The Kier molecular flexibility index (Phi) is 4.42. The van der Waals surface area contributed by atoms with E-state index in [0.717, 1.165) is 16.8 Å². The first-order chi connectivity index (χ1) is 13.1. The Morgan fingerprint density at radius 3 is 2.67 bits per heavy atom. The fourth-order valence-corrected chi connectivity index (χ4v) is 3.16. The van der Waals surface area contributed by atoms with Crippen LogP contribution in [-0.2, 0) is 6.54 Å². The summed E-state index contributed by atoms with van der Waals surface area (Å²) in [6.07, 6.45) is 7.14. The van der Waals surface area contributed by atoms with E-state index >= 15 is 0 Å². The molecule has 0 bridgehead atoms. The Hall–Kier alpha value is -3.47. The number of nitrogens with zero attached hydrogens (tertiary/aromatic N) is 4. The molecule has 0 spiro atoms. The van der Waals surface area contributed by atoms with E-state index in [2.05, 4.69) is 23.1 Å². The Bertz CT molecular complexity index is 1190. The highest BCUT2D eigenvalue weighted by Gasteiger charge is 2.12. The van der Waals surface area contributed by atoms with Crippen molar-refractivity contribution in [3.63, 3.8) is 0 Å². The third-order valence-electron chi connectivity index (χ3n) is 4.55. The average molecular weight is 356 g/mol. The number of hydrogen-bond donors (Lipinski definition) is 0. The summed E-state index contributed by atoms with van der Waals surface area (Å²) in [4.78, 5) is 17.3. The van der Waals surface area contributed by atoms with E-state index in [-0.39, 0.29) is 5.56 Å². The summed E-state index contributed by atoms with van der Waals surface area (Å²) in [5, 5.41) is 4.93. The van der Waals surface area contributed by atoms with Gasteiger partial charge in [0.1, 0.15) is 11.7 Å². The van der Waals surface area contributed by atoms with Crippen molar-refractivity contribution in [3.05, 3.63) is 94.2 Å². The van der Waals surface area contributed by atoms with Crippen LogP contribution in [0.4, 0.5) is 0 Å². The molecule has 5 nitrogen and oxygen atoms in total. The zero-order chi connectivity index (χ0) is 18.8. The Balaban J connectivity index is 1.68. The Morgan fingerprint density at radius 1 is 1.07 bits per heavy atom. The SMILES string of the molecule is Cc1ccc(-n2ncc3c(=O)n(CC=Cc4ccccc4)cnc32)c(C)c1. The molecule has 0 aliphatic rings. The first-order valence-electron chi connectivity index (χ1n) is 8.86. The van der Waals surface area contributed by atoms with Crippen LogP contribution >= 0.6 is 0 Å². The summed E-state index contributed by atoms with van der Waals surface area (Å²) in [5.74, 6) is 0. The number of hydrogen-bond acceptors (Lipinski definition) is 3. The summed E-state index contributed by atoms with van der Waals surface area (Å²) >= 11 is 0. The molecule has 2 heterocycles. The van der Waals surface area contributed by atoms with Gasteiger partial charge >= 0.3 is 0 Å². The third kappa shape index (κ3) is 3.31. The van der Waals surface area contributed by atoms with Gasteiger partial charge < -0.3 is 0 Å². The molecule has 0 aliphatic heterocycles. The molecule has 5 heteroatoms. The lowest BCUT2D eigenvalue weighted by molar-refractivity contribution is 0.764. The maximum absolute atomic E-state index is 12.8. The summed E-state index contributed by atoms with van der Waals surface area (Å²) < 4.78 is 3.32. The summed E-state index contributed by atoms with van der Waals surface area (Å²) in [6.45, 7) is 4.55. The van der Waals surface area contributed by atoms with Crippen LogP contribution in [0.5, 0.6) is 0 Å². The molecule has 134 valence electrons. The van der Waals surface area contributed by atoms with Crippen LogP contribution < -0.4 is 5.56 Å². The van der Waals surface area contributed by atoms with E-state index in [4.69, 9.17) is 0 Å². The van der Waals surface area contributed by atoms with E-state index in [1.807, 2.05) is 61.5 Å². The minimum atomic E-state index is -0.0891. The maximum atomic E-state index is 12.8. The molecule has 0 fully saturated rings. The number of fused-ring (bicyclic) bond motifs is 1.